The summed E-state index contributed by atoms with van der Waals surface area (Å²) in [5.41, 5.74) is 0.992. The number of carbonyl (C=O) groups excluding carboxylic acids is 2. The number of halogens is 3. The van der Waals surface area contributed by atoms with Crippen molar-refractivity contribution in [3.63, 3.8) is 0 Å². The highest BCUT2D eigenvalue weighted by atomic mass is 19.4. The maximum atomic E-state index is 12.4. The first kappa shape index (κ1) is 21.5. The molecule has 0 saturated heterocycles. The molecule has 1 atom stereocenters. The van der Waals surface area contributed by atoms with Crippen molar-refractivity contribution >= 4 is 17.6 Å². The Labute approximate surface area is 171 Å². The van der Waals surface area contributed by atoms with Crippen molar-refractivity contribution in [2.45, 2.75) is 38.4 Å². The number of nitrogens with zero attached hydrogens (tertiary/aromatic N) is 2. The van der Waals surface area contributed by atoms with E-state index in [1.165, 1.54) is 18.3 Å². The van der Waals surface area contributed by atoms with Gasteiger partial charge in [-0.2, -0.15) is 13.2 Å². The molecule has 0 aliphatic heterocycles. The van der Waals surface area contributed by atoms with Gasteiger partial charge in [0.1, 0.15) is 5.82 Å². The van der Waals surface area contributed by atoms with Crippen LogP contribution in [0.1, 0.15) is 48.1 Å². The summed E-state index contributed by atoms with van der Waals surface area (Å²) < 4.78 is 41.3. The molecule has 1 aliphatic rings. The highest BCUT2D eigenvalue weighted by Crippen LogP contribution is 2.30. The lowest BCUT2D eigenvalue weighted by Gasteiger charge is -2.15. The molecule has 2 N–H and O–H groups in total. The molecule has 1 unspecified atom stereocenters. The van der Waals surface area contributed by atoms with E-state index in [1.54, 1.807) is 25.3 Å². The number of aromatic nitrogens is 2. The minimum Gasteiger partial charge on any atom is -0.477 e. The summed E-state index contributed by atoms with van der Waals surface area (Å²) >= 11 is 0. The fourth-order valence-corrected chi connectivity index (χ4v) is 2.59. The second-order valence-electron chi connectivity index (χ2n) is 7.03. The van der Waals surface area contributed by atoms with E-state index in [-0.39, 0.29) is 29.3 Å². The van der Waals surface area contributed by atoms with Crippen LogP contribution in [0.15, 0.2) is 36.7 Å². The molecule has 0 aromatic carbocycles. The van der Waals surface area contributed by atoms with Gasteiger partial charge in [0, 0.05) is 24.4 Å². The summed E-state index contributed by atoms with van der Waals surface area (Å²) in [5, 5.41) is 5.56. The zero-order valence-electron chi connectivity index (χ0n) is 16.2. The van der Waals surface area contributed by atoms with Crippen LogP contribution < -0.4 is 15.4 Å². The Morgan fingerprint density at radius 1 is 1.23 bits per heavy atom. The van der Waals surface area contributed by atoms with Crippen LogP contribution in [0.4, 0.5) is 19.0 Å². The van der Waals surface area contributed by atoms with E-state index in [1.807, 2.05) is 0 Å². The highest BCUT2D eigenvalue weighted by molar-refractivity contribution is 5.94. The average molecular weight is 422 g/mol. The second kappa shape index (κ2) is 9.10. The normalized spacial score (nSPS) is 14.7. The van der Waals surface area contributed by atoms with Crippen LogP contribution in [0, 0.1) is 5.92 Å². The number of alkyl halides is 3. The average Bonchev–Trinajstić information content (AvgIpc) is 3.53. The van der Waals surface area contributed by atoms with E-state index >= 15 is 0 Å². The Balaban J connectivity index is 1.54. The molecule has 160 valence electrons. The molecular formula is C20H21F3N4O3. The molecule has 1 fully saturated rings. The number of amides is 2. The van der Waals surface area contributed by atoms with E-state index in [4.69, 9.17) is 4.74 Å². The Morgan fingerprint density at radius 2 is 2.00 bits per heavy atom. The largest absolute Gasteiger partial charge is 0.477 e. The quantitative estimate of drug-likeness (QED) is 0.678. The Bertz CT molecular complexity index is 899. The molecule has 3 rings (SSSR count). The molecule has 2 amide bonds. The summed E-state index contributed by atoms with van der Waals surface area (Å²) in [7, 11) is 0. The van der Waals surface area contributed by atoms with Gasteiger partial charge >= 0.3 is 6.18 Å². The van der Waals surface area contributed by atoms with Gasteiger partial charge in [-0.15, -0.1) is 0 Å². The first-order valence-corrected chi connectivity index (χ1v) is 9.44. The van der Waals surface area contributed by atoms with Crippen molar-refractivity contribution in [2.75, 3.05) is 11.9 Å². The van der Waals surface area contributed by atoms with Gasteiger partial charge in [-0.1, -0.05) is 0 Å². The van der Waals surface area contributed by atoms with E-state index in [9.17, 15) is 22.8 Å². The number of carbonyl (C=O) groups is 2. The van der Waals surface area contributed by atoms with Gasteiger partial charge in [0.15, 0.2) is 0 Å². The van der Waals surface area contributed by atoms with E-state index in [0.29, 0.717) is 5.82 Å². The van der Waals surface area contributed by atoms with Gasteiger partial charge in [-0.05, 0) is 43.5 Å². The molecule has 2 aromatic heterocycles. The molecule has 10 heteroatoms. The van der Waals surface area contributed by atoms with Crippen LogP contribution in [-0.4, -0.2) is 34.6 Å². The first-order valence-electron chi connectivity index (χ1n) is 9.44. The third-order valence-corrected chi connectivity index (χ3v) is 4.47. The number of hydrogen-bond donors (Lipinski definition) is 2. The van der Waals surface area contributed by atoms with Crippen molar-refractivity contribution < 1.29 is 27.5 Å². The number of rotatable bonds is 8. The lowest BCUT2D eigenvalue weighted by molar-refractivity contribution is -0.139. The summed E-state index contributed by atoms with van der Waals surface area (Å²) in [6, 6.07) is 5.81. The van der Waals surface area contributed by atoms with Gasteiger partial charge in [-0.3, -0.25) is 9.59 Å². The summed E-state index contributed by atoms with van der Waals surface area (Å²) in [6.07, 6.45) is -0.822. The predicted molar refractivity (Wildman–Crippen MR) is 102 cm³/mol. The van der Waals surface area contributed by atoms with Gasteiger partial charge < -0.3 is 15.4 Å². The lowest BCUT2D eigenvalue weighted by Crippen LogP contribution is -2.27. The molecule has 0 bridgehead atoms. The van der Waals surface area contributed by atoms with E-state index in [0.717, 1.165) is 18.4 Å². The summed E-state index contributed by atoms with van der Waals surface area (Å²) in [4.78, 5) is 32.3. The highest BCUT2D eigenvalue weighted by Gasteiger charge is 2.30. The SMILES string of the molecule is CC(NC(=O)c1ccc(OCCC(F)(F)F)nc1)c1ccnc(NC(=O)C2CC2)c1. The molecule has 1 aliphatic carbocycles. The number of anilines is 1. The third kappa shape index (κ3) is 6.43. The van der Waals surface area contributed by atoms with Crippen LogP contribution >= 0.6 is 0 Å². The smallest absolute Gasteiger partial charge is 0.392 e. The number of ether oxygens (including phenoxy) is 1. The van der Waals surface area contributed by atoms with Crippen LogP contribution in [-0.2, 0) is 4.79 Å². The van der Waals surface area contributed by atoms with Crippen molar-refractivity contribution in [3.8, 4) is 5.88 Å². The monoisotopic (exact) mass is 422 g/mol. The maximum absolute atomic E-state index is 12.4. The molecule has 0 spiro atoms. The molecule has 2 aromatic rings. The minimum absolute atomic E-state index is 0.00836. The van der Waals surface area contributed by atoms with Gasteiger partial charge in [0.05, 0.1) is 24.6 Å². The summed E-state index contributed by atoms with van der Waals surface area (Å²) in [5.74, 6) is 0.0271. The molecule has 0 radical (unpaired) electrons. The maximum Gasteiger partial charge on any atom is 0.392 e. The van der Waals surface area contributed by atoms with Crippen molar-refractivity contribution in [3.05, 3.63) is 47.8 Å². The number of nitrogens with one attached hydrogen (secondary N) is 2. The van der Waals surface area contributed by atoms with Gasteiger partial charge in [-0.25, -0.2) is 9.97 Å². The molecular weight excluding hydrogens is 401 g/mol. The fraction of sp³-hybridized carbons (Fsp3) is 0.400. The second-order valence-corrected chi connectivity index (χ2v) is 7.03. The number of pyridine rings is 2. The zero-order valence-corrected chi connectivity index (χ0v) is 16.2. The Kier molecular flexibility index (Phi) is 6.53. The van der Waals surface area contributed by atoms with Gasteiger partial charge in [0.25, 0.3) is 5.91 Å². The molecule has 1 saturated carbocycles. The topological polar surface area (TPSA) is 93.2 Å². The van der Waals surface area contributed by atoms with Crippen molar-refractivity contribution in [1.82, 2.24) is 15.3 Å². The van der Waals surface area contributed by atoms with E-state index in [2.05, 4.69) is 20.6 Å². The molecule has 7 nitrogen and oxygen atoms in total. The molecule has 30 heavy (non-hydrogen) atoms. The van der Waals surface area contributed by atoms with Crippen LogP contribution in [0.5, 0.6) is 5.88 Å². The minimum atomic E-state index is -4.30. The van der Waals surface area contributed by atoms with Crippen molar-refractivity contribution in [1.29, 1.82) is 0 Å². The first-order chi connectivity index (χ1) is 14.2. The van der Waals surface area contributed by atoms with Crippen LogP contribution in [0.3, 0.4) is 0 Å². The Hall–Kier alpha value is -3.17. The van der Waals surface area contributed by atoms with E-state index < -0.39 is 25.1 Å². The zero-order chi connectivity index (χ0) is 21.7. The fourth-order valence-electron chi connectivity index (χ4n) is 2.59. The van der Waals surface area contributed by atoms with Crippen molar-refractivity contribution in [2.24, 2.45) is 5.92 Å². The third-order valence-electron chi connectivity index (χ3n) is 4.47. The lowest BCUT2D eigenvalue weighted by atomic mass is 10.1. The number of hydrogen-bond acceptors (Lipinski definition) is 5. The van der Waals surface area contributed by atoms with Gasteiger partial charge in [0.2, 0.25) is 11.8 Å². The van der Waals surface area contributed by atoms with Crippen LogP contribution in [0.25, 0.3) is 0 Å². The molecule has 2 heterocycles. The van der Waals surface area contributed by atoms with Crippen LogP contribution in [0.2, 0.25) is 0 Å². The Morgan fingerprint density at radius 3 is 2.63 bits per heavy atom. The standard InChI is InChI=1S/C20H21F3N4O3/c1-12(14-6-8-24-16(10-14)27-18(28)13-2-3-13)26-19(29)15-4-5-17(25-11-15)30-9-7-20(21,22)23/h4-6,8,10-13H,2-3,7,9H2,1H3,(H,26,29)(H,24,27,28). The summed E-state index contributed by atoms with van der Waals surface area (Å²) in [6.45, 7) is 1.24. The predicted octanol–water partition coefficient (Wildman–Crippen LogP) is 3.65.